The van der Waals surface area contributed by atoms with Gasteiger partial charge in [0.05, 0.1) is 6.54 Å². The summed E-state index contributed by atoms with van der Waals surface area (Å²) in [5.74, 6) is 1.77. The Morgan fingerprint density at radius 3 is 2.96 bits per heavy atom. The number of halogens is 1. The van der Waals surface area contributed by atoms with Crippen LogP contribution in [0.5, 0.6) is 0 Å². The number of piperazine rings is 1. The minimum atomic E-state index is -0.192. The summed E-state index contributed by atoms with van der Waals surface area (Å²) < 4.78 is 19.1. The zero-order valence-corrected chi connectivity index (χ0v) is 14.5. The van der Waals surface area contributed by atoms with Gasteiger partial charge in [-0.05, 0) is 30.5 Å². The van der Waals surface area contributed by atoms with Crippen LogP contribution in [0, 0.1) is 5.82 Å². The molecular formula is C19H25FN4O. The average molecular weight is 344 g/mol. The quantitative estimate of drug-likeness (QED) is 0.921. The molecule has 25 heavy (non-hydrogen) atoms. The van der Waals surface area contributed by atoms with Crippen molar-refractivity contribution in [3.8, 4) is 0 Å². The average Bonchev–Trinajstić information content (AvgIpc) is 3.11. The SMILES string of the molecule is Fc1cccc(C2CNCCN2Cc2noc(C3CCCCC3)n2)c1. The second-order valence-corrected chi connectivity index (χ2v) is 7.13. The fourth-order valence-corrected chi connectivity index (χ4v) is 4.01. The monoisotopic (exact) mass is 344 g/mol. The highest BCUT2D eigenvalue weighted by Gasteiger charge is 2.27. The van der Waals surface area contributed by atoms with Crippen LogP contribution in [0.3, 0.4) is 0 Å². The van der Waals surface area contributed by atoms with E-state index in [0.717, 1.165) is 49.8 Å². The molecule has 1 aliphatic heterocycles. The lowest BCUT2D eigenvalue weighted by atomic mass is 9.89. The van der Waals surface area contributed by atoms with Crippen molar-refractivity contribution in [2.75, 3.05) is 19.6 Å². The van der Waals surface area contributed by atoms with Gasteiger partial charge in [-0.15, -0.1) is 0 Å². The lowest BCUT2D eigenvalue weighted by Crippen LogP contribution is -2.45. The van der Waals surface area contributed by atoms with Crippen molar-refractivity contribution >= 4 is 0 Å². The molecule has 1 aromatic heterocycles. The molecule has 2 aromatic rings. The number of hydrogen-bond acceptors (Lipinski definition) is 5. The third-order valence-corrected chi connectivity index (χ3v) is 5.37. The molecule has 1 N–H and O–H groups in total. The maximum absolute atomic E-state index is 13.6. The summed E-state index contributed by atoms with van der Waals surface area (Å²) in [5, 5.41) is 7.61. The minimum absolute atomic E-state index is 0.126. The van der Waals surface area contributed by atoms with E-state index in [1.807, 2.05) is 6.07 Å². The second kappa shape index (κ2) is 7.62. The Morgan fingerprint density at radius 2 is 2.12 bits per heavy atom. The van der Waals surface area contributed by atoms with Crippen LogP contribution >= 0.6 is 0 Å². The van der Waals surface area contributed by atoms with Crippen molar-refractivity contribution in [2.24, 2.45) is 0 Å². The maximum atomic E-state index is 13.6. The van der Waals surface area contributed by atoms with Crippen LogP contribution in [0.25, 0.3) is 0 Å². The lowest BCUT2D eigenvalue weighted by molar-refractivity contribution is 0.148. The summed E-state index contributed by atoms with van der Waals surface area (Å²) in [6.07, 6.45) is 6.12. The minimum Gasteiger partial charge on any atom is -0.339 e. The molecule has 4 rings (SSSR count). The van der Waals surface area contributed by atoms with Crippen molar-refractivity contribution < 1.29 is 8.91 Å². The lowest BCUT2D eigenvalue weighted by Gasteiger charge is -2.35. The number of nitrogens with one attached hydrogen (secondary N) is 1. The van der Waals surface area contributed by atoms with E-state index in [-0.39, 0.29) is 11.9 Å². The first-order valence-corrected chi connectivity index (χ1v) is 9.32. The van der Waals surface area contributed by atoms with Gasteiger partial charge in [0.25, 0.3) is 0 Å². The number of nitrogens with zero attached hydrogens (tertiary/aromatic N) is 3. The molecule has 5 nitrogen and oxygen atoms in total. The number of benzene rings is 1. The van der Waals surface area contributed by atoms with Gasteiger partial charge >= 0.3 is 0 Å². The van der Waals surface area contributed by atoms with Gasteiger partial charge in [-0.3, -0.25) is 4.90 Å². The van der Waals surface area contributed by atoms with Gasteiger partial charge in [0.2, 0.25) is 5.89 Å². The topological polar surface area (TPSA) is 54.2 Å². The molecule has 2 fully saturated rings. The summed E-state index contributed by atoms with van der Waals surface area (Å²) in [6.45, 7) is 3.24. The molecule has 1 aliphatic carbocycles. The van der Waals surface area contributed by atoms with Gasteiger partial charge < -0.3 is 9.84 Å². The molecule has 6 heteroatoms. The van der Waals surface area contributed by atoms with Gasteiger partial charge in [0, 0.05) is 31.6 Å². The van der Waals surface area contributed by atoms with Gasteiger partial charge in [0.1, 0.15) is 5.82 Å². The van der Waals surface area contributed by atoms with E-state index in [1.165, 1.54) is 25.3 Å². The van der Waals surface area contributed by atoms with E-state index in [4.69, 9.17) is 4.52 Å². The van der Waals surface area contributed by atoms with Gasteiger partial charge in [-0.2, -0.15) is 4.98 Å². The highest BCUT2D eigenvalue weighted by Crippen LogP contribution is 2.32. The van der Waals surface area contributed by atoms with Crippen molar-refractivity contribution in [3.05, 3.63) is 47.4 Å². The van der Waals surface area contributed by atoms with E-state index in [0.29, 0.717) is 12.5 Å². The molecule has 1 aromatic carbocycles. The first kappa shape index (κ1) is 16.7. The molecule has 1 atom stereocenters. The van der Waals surface area contributed by atoms with E-state index in [2.05, 4.69) is 20.4 Å². The van der Waals surface area contributed by atoms with Crippen LogP contribution in [-0.4, -0.2) is 34.7 Å². The molecule has 1 saturated heterocycles. The summed E-state index contributed by atoms with van der Waals surface area (Å²) in [6, 6.07) is 6.99. The zero-order chi connectivity index (χ0) is 17.1. The third kappa shape index (κ3) is 3.90. The normalized spacial score (nSPS) is 23.0. The molecule has 1 saturated carbocycles. The van der Waals surface area contributed by atoms with Crippen LogP contribution < -0.4 is 5.32 Å². The van der Waals surface area contributed by atoms with Gasteiger partial charge in [0.15, 0.2) is 5.82 Å². The van der Waals surface area contributed by atoms with Crippen LogP contribution in [-0.2, 0) is 6.54 Å². The Balaban J connectivity index is 1.47. The van der Waals surface area contributed by atoms with E-state index in [1.54, 1.807) is 12.1 Å². The number of aromatic nitrogens is 2. The van der Waals surface area contributed by atoms with E-state index < -0.39 is 0 Å². The smallest absolute Gasteiger partial charge is 0.229 e. The van der Waals surface area contributed by atoms with Gasteiger partial charge in [-0.25, -0.2) is 4.39 Å². The third-order valence-electron chi connectivity index (χ3n) is 5.37. The molecule has 0 spiro atoms. The first-order chi connectivity index (χ1) is 12.3. The fourth-order valence-electron chi connectivity index (χ4n) is 4.01. The Bertz CT molecular complexity index is 698. The zero-order valence-electron chi connectivity index (χ0n) is 14.5. The maximum Gasteiger partial charge on any atom is 0.229 e. The van der Waals surface area contributed by atoms with Crippen molar-refractivity contribution in [1.82, 2.24) is 20.4 Å². The molecule has 0 bridgehead atoms. The molecule has 2 heterocycles. The van der Waals surface area contributed by atoms with Crippen molar-refractivity contribution in [3.63, 3.8) is 0 Å². The largest absolute Gasteiger partial charge is 0.339 e. The van der Waals surface area contributed by atoms with Crippen LogP contribution in [0.4, 0.5) is 4.39 Å². The van der Waals surface area contributed by atoms with Crippen LogP contribution in [0.1, 0.15) is 61.3 Å². The molecule has 0 amide bonds. The van der Waals surface area contributed by atoms with E-state index in [9.17, 15) is 4.39 Å². The van der Waals surface area contributed by atoms with Crippen molar-refractivity contribution in [1.29, 1.82) is 0 Å². The Labute approximate surface area is 147 Å². The Kier molecular flexibility index (Phi) is 5.08. The molecule has 0 radical (unpaired) electrons. The standard InChI is InChI=1S/C19H25FN4O/c20-16-8-4-7-15(11-16)17-12-21-9-10-24(17)13-18-22-19(25-23-18)14-5-2-1-3-6-14/h4,7-8,11,14,17,21H,1-3,5-6,9-10,12-13H2. The Hall–Kier alpha value is -1.79. The summed E-state index contributed by atoms with van der Waals surface area (Å²) in [7, 11) is 0. The van der Waals surface area contributed by atoms with E-state index >= 15 is 0 Å². The summed E-state index contributed by atoms with van der Waals surface area (Å²) in [4.78, 5) is 6.97. The molecular weight excluding hydrogens is 319 g/mol. The van der Waals surface area contributed by atoms with Crippen molar-refractivity contribution in [2.45, 2.75) is 50.6 Å². The summed E-state index contributed by atoms with van der Waals surface area (Å²) in [5.41, 5.74) is 0.989. The number of hydrogen-bond donors (Lipinski definition) is 1. The summed E-state index contributed by atoms with van der Waals surface area (Å²) >= 11 is 0. The Morgan fingerprint density at radius 1 is 1.24 bits per heavy atom. The molecule has 2 aliphatic rings. The first-order valence-electron chi connectivity index (χ1n) is 9.32. The predicted octanol–water partition coefficient (Wildman–Crippen LogP) is 3.40. The second-order valence-electron chi connectivity index (χ2n) is 7.13. The highest BCUT2D eigenvalue weighted by atomic mass is 19.1. The van der Waals surface area contributed by atoms with Crippen LogP contribution in [0.2, 0.25) is 0 Å². The van der Waals surface area contributed by atoms with Gasteiger partial charge in [-0.1, -0.05) is 36.6 Å². The van der Waals surface area contributed by atoms with Crippen LogP contribution in [0.15, 0.2) is 28.8 Å². The highest BCUT2D eigenvalue weighted by molar-refractivity contribution is 5.21. The number of rotatable bonds is 4. The molecule has 134 valence electrons. The fraction of sp³-hybridized carbons (Fsp3) is 0.579. The molecule has 1 unspecified atom stereocenters. The predicted molar refractivity (Wildman–Crippen MR) is 92.5 cm³/mol.